The molecule has 4 nitrogen and oxygen atoms in total. The lowest BCUT2D eigenvalue weighted by Crippen LogP contribution is -2.43. The van der Waals surface area contributed by atoms with E-state index in [4.69, 9.17) is 14.2 Å². The van der Waals surface area contributed by atoms with Gasteiger partial charge in [0.1, 0.15) is 5.75 Å². The standard InChI is InChI=1S/C20H30O4/c1-11-13(8-21)14(17-19(3,4)9-23-17)12(2)15(16(11)22-7)18-20(5,6)10-24-18/h17-18,21H,8-10H2,1-7H3. The summed E-state index contributed by atoms with van der Waals surface area (Å²) in [5.41, 5.74) is 5.45. The van der Waals surface area contributed by atoms with Gasteiger partial charge in [-0.15, -0.1) is 0 Å². The van der Waals surface area contributed by atoms with Gasteiger partial charge in [-0.2, -0.15) is 0 Å². The second-order valence-electron chi connectivity index (χ2n) is 8.61. The van der Waals surface area contributed by atoms with Gasteiger partial charge in [-0.25, -0.2) is 0 Å². The van der Waals surface area contributed by atoms with Crippen LogP contribution in [0.25, 0.3) is 0 Å². The van der Waals surface area contributed by atoms with Crippen LogP contribution in [0, 0.1) is 24.7 Å². The summed E-state index contributed by atoms with van der Waals surface area (Å²) in [6.07, 6.45) is 0.0204. The number of aliphatic hydroxyl groups is 1. The van der Waals surface area contributed by atoms with Crippen LogP contribution >= 0.6 is 0 Å². The van der Waals surface area contributed by atoms with E-state index in [9.17, 15) is 5.11 Å². The smallest absolute Gasteiger partial charge is 0.128 e. The van der Waals surface area contributed by atoms with Crippen molar-refractivity contribution in [1.29, 1.82) is 0 Å². The third kappa shape index (κ3) is 2.39. The predicted octanol–water partition coefficient (Wildman–Crippen LogP) is 4.00. The van der Waals surface area contributed by atoms with E-state index in [1.807, 2.05) is 6.92 Å². The number of benzene rings is 1. The van der Waals surface area contributed by atoms with Crippen molar-refractivity contribution in [2.75, 3.05) is 20.3 Å². The summed E-state index contributed by atoms with van der Waals surface area (Å²) >= 11 is 0. The first kappa shape index (κ1) is 17.7. The molecule has 0 amide bonds. The zero-order valence-corrected chi connectivity index (χ0v) is 15.9. The number of hydrogen-bond acceptors (Lipinski definition) is 4. The fourth-order valence-electron chi connectivity index (χ4n) is 4.17. The van der Waals surface area contributed by atoms with E-state index in [0.717, 1.165) is 46.8 Å². The molecular weight excluding hydrogens is 304 g/mol. The molecule has 1 aromatic rings. The van der Waals surface area contributed by atoms with Crippen LogP contribution in [-0.2, 0) is 16.1 Å². The topological polar surface area (TPSA) is 47.9 Å². The lowest BCUT2D eigenvalue weighted by atomic mass is 9.71. The van der Waals surface area contributed by atoms with Gasteiger partial charge in [-0.1, -0.05) is 27.7 Å². The van der Waals surface area contributed by atoms with Gasteiger partial charge in [-0.05, 0) is 36.1 Å². The summed E-state index contributed by atoms with van der Waals surface area (Å²) in [4.78, 5) is 0. The van der Waals surface area contributed by atoms with Crippen LogP contribution in [-0.4, -0.2) is 25.4 Å². The fourth-order valence-corrected chi connectivity index (χ4v) is 4.17. The van der Waals surface area contributed by atoms with Crippen LogP contribution < -0.4 is 4.74 Å². The Labute approximate surface area is 145 Å². The first-order chi connectivity index (χ1) is 11.2. The van der Waals surface area contributed by atoms with Gasteiger partial charge in [0.05, 0.1) is 39.1 Å². The minimum absolute atomic E-state index is 0.00574. The van der Waals surface area contributed by atoms with Crippen molar-refractivity contribution in [3.8, 4) is 5.75 Å². The summed E-state index contributed by atoms with van der Waals surface area (Å²) in [7, 11) is 1.70. The summed E-state index contributed by atoms with van der Waals surface area (Å²) in [5.74, 6) is 0.843. The molecule has 0 aliphatic carbocycles. The maximum Gasteiger partial charge on any atom is 0.128 e. The molecule has 4 heteroatoms. The van der Waals surface area contributed by atoms with Gasteiger partial charge >= 0.3 is 0 Å². The van der Waals surface area contributed by atoms with E-state index >= 15 is 0 Å². The minimum Gasteiger partial charge on any atom is -0.496 e. The lowest BCUT2D eigenvalue weighted by Gasteiger charge is -2.49. The predicted molar refractivity (Wildman–Crippen MR) is 93.3 cm³/mol. The van der Waals surface area contributed by atoms with Crippen LogP contribution in [0.3, 0.4) is 0 Å². The Morgan fingerprint density at radius 1 is 0.958 bits per heavy atom. The van der Waals surface area contributed by atoms with Crippen LogP contribution in [0.2, 0.25) is 0 Å². The number of methoxy groups -OCH3 is 1. The van der Waals surface area contributed by atoms with E-state index in [0.29, 0.717) is 0 Å². The lowest BCUT2D eigenvalue weighted by molar-refractivity contribution is -0.176. The van der Waals surface area contributed by atoms with Crippen molar-refractivity contribution in [3.63, 3.8) is 0 Å². The molecule has 134 valence electrons. The summed E-state index contributed by atoms with van der Waals surface area (Å²) in [6, 6.07) is 0. The molecular formula is C20H30O4. The highest BCUT2D eigenvalue weighted by molar-refractivity contribution is 5.58. The average molecular weight is 334 g/mol. The molecule has 3 rings (SSSR count). The maximum absolute atomic E-state index is 10.0. The highest BCUT2D eigenvalue weighted by Crippen LogP contribution is 2.55. The monoisotopic (exact) mass is 334 g/mol. The Kier molecular flexibility index (Phi) is 4.22. The van der Waals surface area contributed by atoms with E-state index in [1.54, 1.807) is 7.11 Å². The van der Waals surface area contributed by atoms with Crippen LogP contribution in [0.15, 0.2) is 0 Å². The SMILES string of the molecule is COc1c(C)c(CO)c(C2OCC2(C)C)c(C)c1C1OCC1(C)C. The van der Waals surface area contributed by atoms with Gasteiger partial charge in [0.2, 0.25) is 0 Å². The summed E-state index contributed by atoms with van der Waals surface area (Å²) in [5, 5.41) is 10.0. The third-order valence-corrected chi connectivity index (χ3v) is 5.72. The van der Waals surface area contributed by atoms with Crippen molar-refractivity contribution in [2.24, 2.45) is 10.8 Å². The zero-order valence-electron chi connectivity index (χ0n) is 15.9. The largest absolute Gasteiger partial charge is 0.496 e. The Morgan fingerprint density at radius 3 is 1.79 bits per heavy atom. The molecule has 1 aromatic carbocycles. The molecule has 0 aromatic heterocycles. The second-order valence-corrected chi connectivity index (χ2v) is 8.61. The Bertz CT molecular complexity index is 607. The number of rotatable bonds is 4. The Morgan fingerprint density at radius 2 is 1.46 bits per heavy atom. The first-order valence-electron chi connectivity index (χ1n) is 8.69. The van der Waals surface area contributed by atoms with E-state index < -0.39 is 0 Å². The zero-order chi connectivity index (χ0) is 17.9. The molecule has 0 spiro atoms. The third-order valence-electron chi connectivity index (χ3n) is 5.72. The van der Waals surface area contributed by atoms with Gasteiger partial charge in [-0.3, -0.25) is 0 Å². The first-order valence-corrected chi connectivity index (χ1v) is 8.69. The molecule has 2 fully saturated rings. The molecule has 2 aliphatic heterocycles. The van der Waals surface area contributed by atoms with Crippen molar-refractivity contribution in [3.05, 3.63) is 27.8 Å². The summed E-state index contributed by atoms with van der Waals surface area (Å²) < 4.78 is 17.6. The second kappa shape index (κ2) is 5.72. The van der Waals surface area contributed by atoms with Crippen molar-refractivity contribution < 1.29 is 19.3 Å². The Hall–Kier alpha value is -1.10. The fraction of sp³-hybridized carbons (Fsp3) is 0.700. The quantitative estimate of drug-likeness (QED) is 0.904. The molecule has 2 unspecified atom stereocenters. The van der Waals surface area contributed by atoms with Crippen LogP contribution in [0.1, 0.15) is 67.7 Å². The highest BCUT2D eigenvalue weighted by Gasteiger charge is 2.47. The van der Waals surface area contributed by atoms with Gasteiger partial charge in [0.25, 0.3) is 0 Å². The maximum atomic E-state index is 10.0. The average Bonchev–Trinajstić information content (AvgIpc) is 2.50. The van der Waals surface area contributed by atoms with Gasteiger partial charge in [0, 0.05) is 16.4 Å². The molecule has 0 bridgehead atoms. The normalized spacial score (nSPS) is 27.3. The molecule has 0 radical (unpaired) electrons. The minimum atomic E-state index is -0.0104. The van der Waals surface area contributed by atoms with Gasteiger partial charge in [0.15, 0.2) is 0 Å². The van der Waals surface area contributed by atoms with Crippen molar-refractivity contribution >= 4 is 0 Å². The van der Waals surface area contributed by atoms with Crippen molar-refractivity contribution in [1.82, 2.24) is 0 Å². The molecule has 2 atom stereocenters. The number of hydrogen-bond donors (Lipinski definition) is 1. The van der Waals surface area contributed by atoms with E-state index in [1.165, 1.54) is 0 Å². The molecule has 0 saturated carbocycles. The van der Waals surface area contributed by atoms with Crippen molar-refractivity contribution in [2.45, 2.75) is 60.4 Å². The highest BCUT2D eigenvalue weighted by atomic mass is 16.5. The van der Waals surface area contributed by atoms with Gasteiger partial charge < -0.3 is 19.3 Å². The van der Waals surface area contributed by atoms with Crippen LogP contribution in [0.5, 0.6) is 5.75 Å². The number of aliphatic hydroxyl groups excluding tert-OH is 1. The number of ether oxygens (including phenoxy) is 3. The molecule has 2 saturated heterocycles. The molecule has 1 N–H and O–H groups in total. The van der Waals surface area contributed by atoms with E-state index in [2.05, 4.69) is 34.6 Å². The Balaban J connectivity index is 2.24. The van der Waals surface area contributed by atoms with Crippen LogP contribution in [0.4, 0.5) is 0 Å². The van der Waals surface area contributed by atoms with E-state index in [-0.39, 0.29) is 29.6 Å². The molecule has 24 heavy (non-hydrogen) atoms. The molecule has 2 heterocycles. The summed E-state index contributed by atoms with van der Waals surface area (Å²) in [6.45, 7) is 14.5. The molecule has 2 aliphatic rings.